The summed E-state index contributed by atoms with van der Waals surface area (Å²) in [5, 5.41) is 0. The zero-order valence-electron chi connectivity index (χ0n) is 18.8. The van der Waals surface area contributed by atoms with Crippen LogP contribution in [0.3, 0.4) is 0 Å². The lowest BCUT2D eigenvalue weighted by Crippen LogP contribution is -1.81. The van der Waals surface area contributed by atoms with E-state index >= 15 is 0 Å². The number of allylic oxidation sites excluding steroid dienone is 4. The van der Waals surface area contributed by atoms with Crippen molar-refractivity contribution in [2.45, 2.75) is 61.8 Å². The number of unbranched alkanes of at least 4 members (excludes halogenated alkanes) is 1. The molecule has 0 unspecified atom stereocenters. The largest absolute Gasteiger partial charge is 0.0991 e. The Hall–Kier alpha value is -2.60. The molecule has 0 bridgehead atoms. The highest BCUT2D eigenvalue weighted by Gasteiger charge is 1.93. The van der Waals surface area contributed by atoms with Gasteiger partial charge in [0.2, 0.25) is 0 Å². The monoisotopic (exact) mass is 390 g/mol. The molecule has 0 saturated carbocycles. The Bertz CT molecular complexity index is 755. The molecule has 0 heteroatoms. The van der Waals surface area contributed by atoms with Gasteiger partial charge in [-0.25, -0.2) is 0 Å². The summed E-state index contributed by atoms with van der Waals surface area (Å²) < 4.78 is 0. The Kier molecular flexibility index (Phi) is 17.3. The van der Waals surface area contributed by atoms with E-state index in [9.17, 15) is 0 Å². The summed E-state index contributed by atoms with van der Waals surface area (Å²) in [6.07, 6.45) is 12.6. The molecule has 0 heterocycles. The average Bonchev–Trinajstić information content (AvgIpc) is 2.71. The van der Waals surface area contributed by atoms with Crippen LogP contribution in [0, 0.1) is 13.8 Å². The van der Waals surface area contributed by atoms with Crippen molar-refractivity contribution in [3.05, 3.63) is 102 Å². The second-order valence-corrected chi connectivity index (χ2v) is 6.55. The molecular weight excluding hydrogens is 348 g/mol. The molecule has 2 aromatic rings. The van der Waals surface area contributed by atoms with E-state index in [1.54, 1.807) is 6.08 Å². The van der Waals surface area contributed by atoms with Crippen molar-refractivity contribution in [2.24, 2.45) is 0 Å². The minimum Gasteiger partial charge on any atom is -0.0991 e. The third kappa shape index (κ3) is 12.5. The first-order chi connectivity index (χ1) is 13.5. The summed E-state index contributed by atoms with van der Waals surface area (Å²) in [5.41, 5.74) is 7.48. The summed E-state index contributed by atoms with van der Waals surface area (Å²) >= 11 is 0. The molecule has 0 fully saturated rings. The molecule has 2 aromatic carbocycles. The molecule has 0 N–H and O–H groups in total. The van der Waals surface area contributed by atoms with Crippen molar-refractivity contribution in [3.63, 3.8) is 0 Å². The standard InChI is InChI=1S/C14H18.C12H14.C2H6.CH4/c1-4-5-6-7-13-8-10-14(11-9-13)12(2)3;1-4-5-6-12-9-10(2)7-8-11(12)3;1-2;/h6-11H,2,4-5H2,1,3H3;4-9H,1H2,2-3H3;1-2H3;1H4/b7-6+;6-5-;;. The van der Waals surface area contributed by atoms with Crippen molar-refractivity contribution in [2.75, 3.05) is 0 Å². The first-order valence-electron chi connectivity index (χ1n) is 10.3. The molecule has 0 aliphatic carbocycles. The molecule has 0 amide bonds. The lowest BCUT2D eigenvalue weighted by Gasteiger charge is -2.00. The van der Waals surface area contributed by atoms with Gasteiger partial charge in [-0.05, 0) is 49.4 Å². The molecule has 0 spiro atoms. The zero-order chi connectivity index (χ0) is 21.4. The molecule has 0 radical (unpaired) electrons. The van der Waals surface area contributed by atoms with Gasteiger partial charge in [-0.3, -0.25) is 0 Å². The third-order valence-corrected chi connectivity index (χ3v) is 4.02. The highest BCUT2D eigenvalue weighted by atomic mass is 14.0. The fourth-order valence-electron chi connectivity index (χ4n) is 2.38. The molecule has 0 saturated heterocycles. The lowest BCUT2D eigenvalue weighted by atomic mass is 10.1. The van der Waals surface area contributed by atoms with E-state index < -0.39 is 0 Å². The van der Waals surface area contributed by atoms with Crippen LogP contribution in [0.1, 0.15) is 75.8 Å². The van der Waals surface area contributed by atoms with Gasteiger partial charge < -0.3 is 0 Å². The molecule has 0 aliphatic heterocycles. The third-order valence-electron chi connectivity index (χ3n) is 4.02. The van der Waals surface area contributed by atoms with Crippen LogP contribution in [0.5, 0.6) is 0 Å². The SMILES string of the molecule is C.C=C(C)c1ccc(/C=C/CCC)cc1.C=C/C=C\c1cc(C)ccc1C.CC. The predicted octanol–water partition coefficient (Wildman–Crippen LogP) is 9.70. The Labute approximate surface area is 181 Å². The second-order valence-electron chi connectivity index (χ2n) is 6.55. The average molecular weight is 391 g/mol. The lowest BCUT2D eigenvalue weighted by molar-refractivity contribution is 0.962. The van der Waals surface area contributed by atoms with E-state index in [0.717, 1.165) is 12.0 Å². The smallest absolute Gasteiger partial charge is 0.0225 e. The summed E-state index contributed by atoms with van der Waals surface area (Å²) in [6.45, 7) is 20.0. The number of benzene rings is 2. The van der Waals surface area contributed by atoms with E-state index in [0.29, 0.717) is 0 Å². The predicted molar refractivity (Wildman–Crippen MR) is 138 cm³/mol. The van der Waals surface area contributed by atoms with Crippen LogP contribution in [-0.4, -0.2) is 0 Å². The molecule has 0 aliphatic rings. The van der Waals surface area contributed by atoms with E-state index in [4.69, 9.17) is 0 Å². The first kappa shape index (κ1) is 28.6. The highest BCUT2D eigenvalue weighted by molar-refractivity contribution is 5.63. The minimum atomic E-state index is 0. The van der Waals surface area contributed by atoms with Gasteiger partial charge in [0, 0.05) is 0 Å². The van der Waals surface area contributed by atoms with E-state index in [-0.39, 0.29) is 7.43 Å². The van der Waals surface area contributed by atoms with Crippen molar-refractivity contribution >= 4 is 17.7 Å². The van der Waals surface area contributed by atoms with Crippen LogP contribution in [0.2, 0.25) is 0 Å². The second kappa shape index (κ2) is 17.5. The number of hydrogen-bond donors (Lipinski definition) is 0. The van der Waals surface area contributed by atoms with Gasteiger partial charge in [0.25, 0.3) is 0 Å². The Morgan fingerprint density at radius 2 is 1.59 bits per heavy atom. The van der Waals surface area contributed by atoms with Crippen LogP contribution >= 0.6 is 0 Å². The van der Waals surface area contributed by atoms with E-state index in [2.05, 4.69) is 94.6 Å². The van der Waals surface area contributed by atoms with Crippen molar-refractivity contribution in [3.8, 4) is 0 Å². The van der Waals surface area contributed by atoms with Crippen LogP contribution < -0.4 is 0 Å². The summed E-state index contributed by atoms with van der Waals surface area (Å²) in [5.74, 6) is 0. The Morgan fingerprint density at radius 3 is 2.10 bits per heavy atom. The molecule has 0 atom stereocenters. The summed E-state index contributed by atoms with van der Waals surface area (Å²) in [6, 6.07) is 14.9. The van der Waals surface area contributed by atoms with Crippen LogP contribution in [-0.2, 0) is 0 Å². The number of hydrogen-bond acceptors (Lipinski definition) is 0. The topological polar surface area (TPSA) is 0 Å². The summed E-state index contributed by atoms with van der Waals surface area (Å²) in [4.78, 5) is 0. The van der Waals surface area contributed by atoms with Gasteiger partial charge in [-0.2, -0.15) is 0 Å². The highest BCUT2D eigenvalue weighted by Crippen LogP contribution is 2.13. The molecule has 0 nitrogen and oxygen atoms in total. The minimum absolute atomic E-state index is 0. The molecule has 158 valence electrons. The molecule has 2 rings (SSSR count). The van der Waals surface area contributed by atoms with Gasteiger partial charge >= 0.3 is 0 Å². The van der Waals surface area contributed by atoms with Gasteiger partial charge in [-0.15, -0.1) is 0 Å². The Balaban J connectivity index is 0. The van der Waals surface area contributed by atoms with Crippen molar-refractivity contribution < 1.29 is 0 Å². The van der Waals surface area contributed by atoms with Crippen LogP contribution in [0.25, 0.3) is 17.7 Å². The van der Waals surface area contributed by atoms with Gasteiger partial charge in [0.05, 0.1) is 0 Å². The fraction of sp³-hybridized carbons (Fsp3) is 0.310. The van der Waals surface area contributed by atoms with Crippen LogP contribution in [0.4, 0.5) is 0 Å². The molecule has 0 aromatic heterocycles. The maximum atomic E-state index is 3.91. The van der Waals surface area contributed by atoms with E-state index in [1.165, 1.54) is 34.2 Å². The van der Waals surface area contributed by atoms with E-state index in [1.807, 2.05) is 26.8 Å². The number of rotatable bonds is 6. The molecular formula is C29H42. The number of aryl methyl sites for hydroxylation is 2. The maximum Gasteiger partial charge on any atom is -0.0225 e. The normalized spacial score (nSPS) is 9.72. The quantitative estimate of drug-likeness (QED) is 0.430. The van der Waals surface area contributed by atoms with Gasteiger partial charge in [0.1, 0.15) is 0 Å². The first-order valence-corrected chi connectivity index (χ1v) is 10.3. The van der Waals surface area contributed by atoms with Crippen molar-refractivity contribution in [1.29, 1.82) is 0 Å². The van der Waals surface area contributed by atoms with Gasteiger partial charge in [0.15, 0.2) is 0 Å². The van der Waals surface area contributed by atoms with Gasteiger partial charge in [-0.1, -0.05) is 132 Å². The summed E-state index contributed by atoms with van der Waals surface area (Å²) in [7, 11) is 0. The van der Waals surface area contributed by atoms with Crippen molar-refractivity contribution in [1.82, 2.24) is 0 Å². The van der Waals surface area contributed by atoms with Crippen LogP contribution in [0.15, 0.2) is 73.9 Å². The fourth-order valence-corrected chi connectivity index (χ4v) is 2.38. The maximum absolute atomic E-state index is 3.91. The zero-order valence-corrected chi connectivity index (χ0v) is 18.8. The Morgan fingerprint density at radius 1 is 0.966 bits per heavy atom. The molecule has 29 heavy (non-hydrogen) atoms.